The Morgan fingerprint density at radius 1 is 1.33 bits per heavy atom. The molecule has 0 atom stereocenters. The van der Waals surface area contributed by atoms with Gasteiger partial charge in [0.1, 0.15) is 6.33 Å². The van der Waals surface area contributed by atoms with Crippen LogP contribution in [0.5, 0.6) is 0 Å². The summed E-state index contributed by atoms with van der Waals surface area (Å²) in [5, 5.41) is 2.45. The first-order valence-corrected chi connectivity index (χ1v) is 4.50. The molecule has 2 rings (SSSR count). The molecule has 0 spiro atoms. The van der Waals surface area contributed by atoms with Crippen LogP contribution in [-0.2, 0) is 4.84 Å². The third kappa shape index (κ3) is 1.69. The molecular formula is C10H12N4O. The summed E-state index contributed by atoms with van der Waals surface area (Å²) in [4.78, 5) is 13.4. The van der Waals surface area contributed by atoms with Gasteiger partial charge in [0.25, 0.3) is 0 Å². The first-order chi connectivity index (χ1) is 7.22. The van der Waals surface area contributed by atoms with E-state index in [4.69, 9.17) is 10.6 Å². The normalized spacial score (nSPS) is 10.5. The second-order valence-electron chi connectivity index (χ2n) is 3.15. The van der Waals surface area contributed by atoms with Crippen molar-refractivity contribution in [3.05, 3.63) is 24.5 Å². The van der Waals surface area contributed by atoms with E-state index < -0.39 is 0 Å². The van der Waals surface area contributed by atoms with Gasteiger partial charge in [-0.2, -0.15) is 0 Å². The molecule has 15 heavy (non-hydrogen) atoms. The highest BCUT2D eigenvalue weighted by molar-refractivity contribution is 5.91. The molecule has 1 heterocycles. The average Bonchev–Trinajstić information content (AvgIpc) is 2.27. The number of fused-ring (bicyclic) bond motifs is 1. The number of hydrogen-bond acceptors (Lipinski definition) is 5. The van der Waals surface area contributed by atoms with Gasteiger partial charge in [0.05, 0.1) is 12.6 Å². The summed E-state index contributed by atoms with van der Waals surface area (Å²) in [6, 6.07) is 5.51. The Bertz CT molecular complexity index is 486. The van der Waals surface area contributed by atoms with Gasteiger partial charge in [-0.3, -0.25) is 4.84 Å². The SMILES string of the molecule is CON(C)c1ncnc2ccc(N)cc12. The highest BCUT2D eigenvalue weighted by Gasteiger charge is 2.07. The molecule has 0 unspecified atom stereocenters. The molecule has 0 fully saturated rings. The van der Waals surface area contributed by atoms with Crippen molar-refractivity contribution in [3.8, 4) is 0 Å². The number of benzene rings is 1. The summed E-state index contributed by atoms with van der Waals surface area (Å²) >= 11 is 0. The van der Waals surface area contributed by atoms with Crippen molar-refractivity contribution in [1.82, 2.24) is 9.97 Å². The number of anilines is 2. The van der Waals surface area contributed by atoms with Crippen LogP contribution in [-0.4, -0.2) is 24.1 Å². The van der Waals surface area contributed by atoms with E-state index in [1.807, 2.05) is 18.2 Å². The summed E-state index contributed by atoms with van der Waals surface area (Å²) in [5.41, 5.74) is 7.25. The highest BCUT2D eigenvalue weighted by atomic mass is 16.7. The Balaban J connectivity index is 2.68. The maximum Gasteiger partial charge on any atom is 0.163 e. The van der Waals surface area contributed by atoms with Gasteiger partial charge in [0.2, 0.25) is 0 Å². The Morgan fingerprint density at radius 3 is 2.87 bits per heavy atom. The minimum atomic E-state index is 0.683. The fraction of sp³-hybridized carbons (Fsp3) is 0.200. The molecule has 0 saturated heterocycles. The molecule has 1 aromatic carbocycles. The molecule has 5 nitrogen and oxygen atoms in total. The molecule has 0 aliphatic rings. The van der Waals surface area contributed by atoms with Gasteiger partial charge in [-0.05, 0) is 18.2 Å². The zero-order valence-corrected chi connectivity index (χ0v) is 8.64. The van der Waals surface area contributed by atoms with Crippen LogP contribution in [0.15, 0.2) is 24.5 Å². The third-order valence-corrected chi connectivity index (χ3v) is 2.21. The van der Waals surface area contributed by atoms with Crippen LogP contribution >= 0.6 is 0 Å². The number of nitrogens with zero attached hydrogens (tertiary/aromatic N) is 3. The van der Waals surface area contributed by atoms with Crippen molar-refractivity contribution in [2.24, 2.45) is 0 Å². The second-order valence-corrected chi connectivity index (χ2v) is 3.15. The lowest BCUT2D eigenvalue weighted by molar-refractivity contribution is 0.183. The fourth-order valence-corrected chi connectivity index (χ4v) is 1.40. The number of nitrogen functional groups attached to an aromatic ring is 1. The molecular weight excluding hydrogens is 192 g/mol. The first kappa shape index (κ1) is 9.67. The van der Waals surface area contributed by atoms with Gasteiger partial charge >= 0.3 is 0 Å². The molecule has 0 radical (unpaired) electrons. The van der Waals surface area contributed by atoms with Crippen LogP contribution in [0.25, 0.3) is 10.9 Å². The smallest absolute Gasteiger partial charge is 0.163 e. The van der Waals surface area contributed by atoms with E-state index in [9.17, 15) is 0 Å². The van der Waals surface area contributed by atoms with E-state index in [1.165, 1.54) is 6.33 Å². The zero-order chi connectivity index (χ0) is 10.8. The summed E-state index contributed by atoms with van der Waals surface area (Å²) in [5.74, 6) is 0.704. The van der Waals surface area contributed by atoms with Crippen molar-refractivity contribution in [2.75, 3.05) is 25.0 Å². The molecule has 0 bridgehead atoms. The van der Waals surface area contributed by atoms with Crippen LogP contribution in [0.1, 0.15) is 0 Å². The number of rotatable bonds is 2. The molecule has 2 N–H and O–H groups in total. The van der Waals surface area contributed by atoms with Crippen LogP contribution < -0.4 is 10.8 Å². The number of nitrogens with two attached hydrogens (primary N) is 1. The number of hydroxylamine groups is 1. The molecule has 2 aromatic rings. The van der Waals surface area contributed by atoms with Gasteiger partial charge in [-0.15, -0.1) is 0 Å². The minimum Gasteiger partial charge on any atom is -0.399 e. The van der Waals surface area contributed by atoms with Crippen molar-refractivity contribution < 1.29 is 4.84 Å². The quantitative estimate of drug-likeness (QED) is 0.588. The molecule has 78 valence electrons. The Morgan fingerprint density at radius 2 is 2.13 bits per heavy atom. The summed E-state index contributed by atoms with van der Waals surface area (Å²) in [7, 11) is 3.37. The van der Waals surface area contributed by atoms with Crippen molar-refractivity contribution >= 4 is 22.4 Å². The first-order valence-electron chi connectivity index (χ1n) is 4.50. The van der Waals surface area contributed by atoms with Crippen LogP contribution in [0.3, 0.4) is 0 Å². The highest BCUT2D eigenvalue weighted by Crippen LogP contribution is 2.23. The van der Waals surface area contributed by atoms with E-state index in [1.54, 1.807) is 19.2 Å². The lowest BCUT2D eigenvalue weighted by Crippen LogP contribution is -2.16. The summed E-state index contributed by atoms with van der Waals surface area (Å²) in [6.07, 6.45) is 1.50. The molecule has 5 heteroatoms. The lowest BCUT2D eigenvalue weighted by Gasteiger charge is -2.16. The molecule has 0 aliphatic carbocycles. The van der Waals surface area contributed by atoms with E-state index in [0.717, 1.165) is 10.9 Å². The van der Waals surface area contributed by atoms with Crippen molar-refractivity contribution in [1.29, 1.82) is 0 Å². The Labute approximate surface area is 87.4 Å². The van der Waals surface area contributed by atoms with Gasteiger partial charge in [0, 0.05) is 18.1 Å². The molecule has 0 aliphatic heterocycles. The van der Waals surface area contributed by atoms with Gasteiger partial charge in [-0.1, -0.05) is 0 Å². The Kier molecular flexibility index (Phi) is 2.39. The van der Waals surface area contributed by atoms with E-state index in [-0.39, 0.29) is 0 Å². The van der Waals surface area contributed by atoms with Gasteiger partial charge < -0.3 is 5.73 Å². The van der Waals surface area contributed by atoms with Gasteiger partial charge in [-0.25, -0.2) is 15.0 Å². The third-order valence-electron chi connectivity index (χ3n) is 2.21. The molecule has 1 aromatic heterocycles. The largest absolute Gasteiger partial charge is 0.399 e. The minimum absolute atomic E-state index is 0.683. The van der Waals surface area contributed by atoms with Crippen LogP contribution in [0, 0.1) is 0 Å². The monoisotopic (exact) mass is 204 g/mol. The van der Waals surface area contributed by atoms with Gasteiger partial charge in [0.15, 0.2) is 5.82 Å². The van der Waals surface area contributed by atoms with Crippen molar-refractivity contribution in [3.63, 3.8) is 0 Å². The predicted molar refractivity (Wildman–Crippen MR) is 59.4 cm³/mol. The molecule has 0 saturated carbocycles. The number of hydrogen-bond donors (Lipinski definition) is 1. The average molecular weight is 204 g/mol. The van der Waals surface area contributed by atoms with Crippen LogP contribution in [0.4, 0.5) is 11.5 Å². The van der Waals surface area contributed by atoms with E-state index in [0.29, 0.717) is 11.5 Å². The maximum atomic E-state index is 5.72. The van der Waals surface area contributed by atoms with E-state index >= 15 is 0 Å². The van der Waals surface area contributed by atoms with Crippen LogP contribution in [0.2, 0.25) is 0 Å². The molecule has 0 amide bonds. The second kappa shape index (κ2) is 3.70. The maximum absolute atomic E-state index is 5.72. The van der Waals surface area contributed by atoms with E-state index in [2.05, 4.69) is 9.97 Å². The van der Waals surface area contributed by atoms with Crippen molar-refractivity contribution in [2.45, 2.75) is 0 Å². The fourth-order valence-electron chi connectivity index (χ4n) is 1.40. The summed E-state index contributed by atoms with van der Waals surface area (Å²) < 4.78 is 0. The summed E-state index contributed by atoms with van der Waals surface area (Å²) in [6.45, 7) is 0. The number of aromatic nitrogens is 2. The Hall–Kier alpha value is -1.88. The lowest BCUT2D eigenvalue weighted by atomic mass is 10.2. The topological polar surface area (TPSA) is 64.3 Å². The predicted octanol–water partition coefficient (Wildman–Crippen LogP) is 1.21. The standard InChI is InChI=1S/C10H12N4O/c1-14(15-2)10-8-5-7(11)3-4-9(8)12-6-13-10/h3-6H,11H2,1-2H3. The zero-order valence-electron chi connectivity index (χ0n) is 8.64.